The fourth-order valence-electron chi connectivity index (χ4n) is 2.84. The number of carbonyl (C=O) groups excluding carboxylic acids is 2. The van der Waals surface area contributed by atoms with Crippen LogP contribution >= 0.6 is 23.2 Å². The summed E-state index contributed by atoms with van der Waals surface area (Å²) in [6, 6.07) is 10.2. The van der Waals surface area contributed by atoms with E-state index in [0.717, 1.165) is 16.7 Å². The molecule has 29 heavy (non-hydrogen) atoms. The van der Waals surface area contributed by atoms with Crippen molar-refractivity contribution in [1.82, 2.24) is 10.2 Å². The van der Waals surface area contributed by atoms with Crippen molar-refractivity contribution >= 4 is 35.0 Å². The van der Waals surface area contributed by atoms with Gasteiger partial charge < -0.3 is 15.0 Å². The van der Waals surface area contributed by atoms with Crippen LogP contribution in [-0.4, -0.2) is 35.9 Å². The summed E-state index contributed by atoms with van der Waals surface area (Å²) in [5.74, 6) is 0.127. The molecule has 0 aliphatic carbocycles. The maximum absolute atomic E-state index is 13.0. The SMILES string of the molecule is CCNC(=O)[C@H](C)N(Cc1ccc(Cl)c(Cl)c1)C(=O)COc1cccc(C)c1C. The summed E-state index contributed by atoms with van der Waals surface area (Å²) in [7, 11) is 0. The molecule has 0 saturated heterocycles. The summed E-state index contributed by atoms with van der Waals surface area (Å²) < 4.78 is 5.76. The Kier molecular flexibility index (Phi) is 8.35. The molecule has 0 aliphatic heterocycles. The van der Waals surface area contributed by atoms with Gasteiger partial charge in [0.2, 0.25) is 5.91 Å². The zero-order valence-corrected chi connectivity index (χ0v) is 18.6. The van der Waals surface area contributed by atoms with E-state index in [9.17, 15) is 9.59 Å². The predicted octanol–water partition coefficient (Wildman–Crippen LogP) is 4.54. The van der Waals surface area contributed by atoms with Gasteiger partial charge in [0.25, 0.3) is 5.91 Å². The molecule has 2 aromatic carbocycles. The van der Waals surface area contributed by atoms with E-state index in [2.05, 4.69) is 5.32 Å². The van der Waals surface area contributed by atoms with Crippen LogP contribution in [0, 0.1) is 13.8 Å². The van der Waals surface area contributed by atoms with Gasteiger partial charge in [-0.15, -0.1) is 0 Å². The Hall–Kier alpha value is -2.24. The van der Waals surface area contributed by atoms with E-state index < -0.39 is 6.04 Å². The number of rotatable bonds is 8. The van der Waals surface area contributed by atoms with E-state index in [0.29, 0.717) is 22.3 Å². The van der Waals surface area contributed by atoms with E-state index in [1.54, 1.807) is 25.1 Å². The quantitative estimate of drug-likeness (QED) is 0.660. The minimum Gasteiger partial charge on any atom is -0.483 e. The molecule has 2 amide bonds. The van der Waals surface area contributed by atoms with E-state index in [1.165, 1.54) is 4.90 Å². The first-order chi connectivity index (χ1) is 13.7. The zero-order chi connectivity index (χ0) is 21.6. The smallest absolute Gasteiger partial charge is 0.261 e. The van der Waals surface area contributed by atoms with Gasteiger partial charge in [-0.05, 0) is 62.6 Å². The van der Waals surface area contributed by atoms with Gasteiger partial charge in [-0.25, -0.2) is 0 Å². The number of carbonyl (C=O) groups is 2. The number of hydrogen-bond donors (Lipinski definition) is 1. The van der Waals surface area contributed by atoms with Gasteiger partial charge in [0, 0.05) is 13.1 Å². The number of aryl methyl sites for hydroxylation is 1. The first kappa shape index (κ1) is 23.0. The average molecular weight is 437 g/mol. The molecule has 0 heterocycles. The van der Waals surface area contributed by atoms with Gasteiger partial charge in [0.1, 0.15) is 11.8 Å². The third-order valence-electron chi connectivity index (χ3n) is 4.76. The Morgan fingerprint density at radius 2 is 1.86 bits per heavy atom. The number of nitrogens with zero attached hydrogens (tertiary/aromatic N) is 1. The van der Waals surface area contributed by atoms with Crippen molar-refractivity contribution < 1.29 is 14.3 Å². The highest BCUT2D eigenvalue weighted by Crippen LogP contribution is 2.24. The molecule has 0 aromatic heterocycles. The van der Waals surface area contributed by atoms with Crippen LogP contribution < -0.4 is 10.1 Å². The lowest BCUT2D eigenvalue weighted by molar-refractivity contribution is -0.142. The molecule has 7 heteroatoms. The predicted molar refractivity (Wildman–Crippen MR) is 117 cm³/mol. The highest BCUT2D eigenvalue weighted by atomic mass is 35.5. The third-order valence-corrected chi connectivity index (χ3v) is 5.50. The minimum absolute atomic E-state index is 0.171. The third kappa shape index (κ3) is 6.12. The molecular weight excluding hydrogens is 411 g/mol. The van der Waals surface area contributed by atoms with Crippen molar-refractivity contribution in [2.45, 2.75) is 40.3 Å². The molecule has 5 nitrogen and oxygen atoms in total. The topological polar surface area (TPSA) is 58.6 Å². The highest BCUT2D eigenvalue weighted by molar-refractivity contribution is 6.42. The number of halogens is 2. The molecule has 156 valence electrons. The van der Waals surface area contributed by atoms with Crippen LogP contribution in [0.3, 0.4) is 0 Å². The number of hydrogen-bond acceptors (Lipinski definition) is 3. The lowest BCUT2D eigenvalue weighted by atomic mass is 10.1. The number of ether oxygens (including phenoxy) is 1. The van der Waals surface area contributed by atoms with Gasteiger partial charge in [-0.3, -0.25) is 9.59 Å². The second-order valence-electron chi connectivity index (χ2n) is 6.83. The molecule has 0 fully saturated rings. The average Bonchev–Trinajstić information content (AvgIpc) is 2.69. The minimum atomic E-state index is -0.667. The number of benzene rings is 2. The Balaban J connectivity index is 2.20. The van der Waals surface area contributed by atoms with Crippen LogP contribution in [-0.2, 0) is 16.1 Å². The molecular formula is C22H26Cl2N2O3. The van der Waals surface area contributed by atoms with E-state index >= 15 is 0 Å². The Morgan fingerprint density at radius 3 is 2.52 bits per heavy atom. The van der Waals surface area contributed by atoms with Gasteiger partial charge in [-0.1, -0.05) is 41.4 Å². The van der Waals surface area contributed by atoms with Gasteiger partial charge in [-0.2, -0.15) is 0 Å². The molecule has 0 bridgehead atoms. The van der Waals surface area contributed by atoms with Gasteiger partial charge in [0.05, 0.1) is 10.0 Å². The summed E-state index contributed by atoms with van der Waals surface area (Å²) in [6.07, 6.45) is 0. The van der Waals surface area contributed by atoms with Crippen LogP contribution in [0.25, 0.3) is 0 Å². The lowest BCUT2D eigenvalue weighted by Crippen LogP contribution is -2.49. The first-order valence-electron chi connectivity index (χ1n) is 9.44. The molecule has 0 unspecified atom stereocenters. The second kappa shape index (κ2) is 10.5. The fourth-order valence-corrected chi connectivity index (χ4v) is 3.16. The standard InChI is InChI=1S/C22H26Cl2N2O3/c1-5-25-22(28)16(4)26(12-17-9-10-18(23)19(24)11-17)21(27)13-29-20-8-6-7-14(2)15(20)3/h6-11,16H,5,12-13H2,1-4H3,(H,25,28)/t16-/m0/s1. The van der Waals surface area contributed by atoms with Crippen molar-refractivity contribution in [3.05, 3.63) is 63.1 Å². The molecule has 1 N–H and O–H groups in total. The van der Waals surface area contributed by atoms with Crippen molar-refractivity contribution in [2.24, 2.45) is 0 Å². The summed E-state index contributed by atoms with van der Waals surface area (Å²) >= 11 is 12.1. The number of amides is 2. The number of nitrogens with one attached hydrogen (secondary N) is 1. The summed E-state index contributed by atoms with van der Waals surface area (Å²) in [5.41, 5.74) is 2.84. The van der Waals surface area contributed by atoms with Crippen molar-refractivity contribution in [2.75, 3.05) is 13.2 Å². The van der Waals surface area contributed by atoms with Crippen LogP contribution in [0.2, 0.25) is 10.0 Å². The van der Waals surface area contributed by atoms with Crippen molar-refractivity contribution in [3.63, 3.8) is 0 Å². The zero-order valence-electron chi connectivity index (χ0n) is 17.1. The van der Waals surface area contributed by atoms with E-state index in [1.807, 2.05) is 39.0 Å². The van der Waals surface area contributed by atoms with Crippen LogP contribution in [0.1, 0.15) is 30.5 Å². The Labute approximate surface area is 181 Å². The van der Waals surface area contributed by atoms with E-state index in [4.69, 9.17) is 27.9 Å². The Morgan fingerprint density at radius 1 is 1.14 bits per heavy atom. The van der Waals surface area contributed by atoms with Gasteiger partial charge in [0.15, 0.2) is 6.61 Å². The molecule has 0 saturated carbocycles. The fraction of sp³-hybridized carbons (Fsp3) is 0.364. The Bertz CT molecular complexity index is 886. The number of likely N-dealkylation sites (N-methyl/N-ethyl adjacent to an activating group) is 1. The molecule has 0 radical (unpaired) electrons. The van der Waals surface area contributed by atoms with Crippen molar-refractivity contribution in [1.29, 1.82) is 0 Å². The summed E-state index contributed by atoms with van der Waals surface area (Å²) in [6.45, 7) is 7.98. The van der Waals surface area contributed by atoms with Crippen LogP contribution in [0.15, 0.2) is 36.4 Å². The largest absolute Gasteiger partial charge is 0.483 e. The monoisotopic (exact) mass is 436 g/mol. The lowest BCUT2D eigenvalue weighted by Gasteiger charge is -2.29. The second-order valence-corrected chi connectivity index (χ2v) is 7.64. The van der Waals surface area contributed by atoms with Gasteiger partial charge >= 0.3 is 0 Å². The van der Waals surface area contributed by atoms with Crippen molar-refractivity contribution in [3.8, 4) is 5.75 Å². The maximum atomic E-state index is 13.0. The summed E-state index contributed by atoms with van der Waals surface area (Å²) in [5, 5.41) is 3.59. The molecule has 2 rings (SSSR count). The molecule has 0 aliphatic rings. The summed E-state index contributed by atoms with van der Waals surface area (Å²) in [4.78, 5) is 26.8. The normalized spacial score (nSPS) is 11.7. The molecule has 2 aromatic rings. The first-order valence-corrected chi connectivity index (χ1v) is 10.2. The van der Waals surface area contributed by atoms with Crippen LogP contribution in [0.5, 0.6) is 5.75 Å². The molecule has 0 spiro atoms. The molecule has 1 atom stereocenters. The maximum Gasteiger partial charge on any atom is 0.261 e. The van der Waals surface area contributed by atoms with E-state index in [-0.39, 0.29) is 25.0 Å². The van der Waals surface area contributed by atoms with Crippen LogP contribution in [0.4, 0.5) is 0 Å². The highest BCUT2D eigenvalue weighted by Gasteiger charge is 2.26.